The fourth-order valence-electron chi connectivity index (χ4n) is 6.84. The van der Waals surface area contributed by atoms with Gasteiger partial charge in [0, 0.05) is 90.2 Å². The summed E-state index contributed by atoms with van der Waals surface area (Å²) in [6.07, 6.45) is 2.82. The van der Waals surface area contributed by atoms with E-state index in [2.05, 4.69) is 19.7 Å². The summed E-state index contributed by atoms with van der Waals surface area (Å²) in [7, 11) is 0. The van der Waals surface area contributed by atoms with E-state index in [1.807, 2.05) is 0 Å². The van der Waals surface area contributed by atoms with Crippen molar-refractivity contribution in [2.75, 3.05) is 67.1 Å². The lowest BCUT2D eigenvalue weighted by atomic mass is 9.99. The summed E-state index contributed by atoms with van der Waals surface area (Å²) in [5.74, 6) is -15.6. The van der Waals surface area contributed by atoms with Crippen LogP contribution in [-0.2, 0) is 23.9 Å². The summed E-state index contributed by atoms with van der Waals surface area (Å²) in [5, 5.41) is 0. The molecule has 3 heterocycles. The standard InChI is InChI=1S/C38H37F7N4O6/c1-4-25(51)46-17-19-49(20-18-46)36-28(31(41)34(44)38(35(36)45)48-15-11-22(12-16-48)55-27(53)6-3)24(50)8-7-23-29(39)32(42)37(33(43)30(23)40)47-13-9-21(10-14-47)54-26(52)5-2/h4-8,21-22H,1-3,9-20H2. The van der Waals surface area contributed by atoms with Crippen LogP contribution in [0, 0.1) is 40.7 Å². The zero-order valence-corrected chi connectivity index (χ0v) is 29.5. The average Bonchev–Trinajstić information content (AvgIpc) is 3.19. The third kappa shape index (κ3) is 8.39. The molecule has 3 aliphatic rings. The molecule has 2 aromatic rings. The van der Waals surface area contributed by atoms with Gasteiger partial charge in [0.05, 0.1) is 16.8 Å². The molecule has 0 bridgehead atoms. The van der Waals surface area contributed by atoms with E-state index >= 15 is 30.7 Å². The number of benzene rings is 2. The van der Waals surface area contributed by atoms with Gasteiger partial charge >= 0.3 is 11.9 Å². The van der Waals surface area contributed by atoms with Gasteiger partial charge in [-0.2, -0.15) is 0 Å². The number of esters is 2. The Balaban J connectivity index is 1.48. The number of piperazine rings is 1. The lowest BCUT2D eigenvalue weighted by Gasteiger charge is -2.38. The van der Waals surface area contributed by atoms with E-state index in [0.717, 1.165) is 23.1 Å². The van der Waals surface area contributed by atoms with Crippen molar-refractivity contribution in [3.63, 3.8) is 0 Å². The molecule has 0 atom stereocenters. The van der Waals surface area contributed by atoms with Gasteiger partial charge in [0.15, 0.2) is 46.5 Å². The maximum Gasteiger partial charge on any atom is 0.330 e. The molecule has 55 heavy (non-hydrogen) atoms. The molecule has 17 heteroatoms. The van der Waals surface area contributed by atoms with Gasteiger partial charge in [0.25, 0.3) is 0 Å². The fraction of sp³-hybridized carbons (Fsp3) is 0.368. The Morgan fingerprint density at radius 2 is 0.945 bits per heavy atom. The number of ether oxygens (including phenoxy) is 2. The number of hydrogen-bond donors (Lipinski definition) is 0. The Bertz CT molecular complexity index is 1900. The van der Waals surface area contributed by atoms with Crippen LogP contribution in [0.15, 0.2) is 44.0 Å². The zero-order valence-electron chi connectivity index (χ0n) is 29.5. The Morgan fingerprint density at radius 3 is 1.38 bits per heavy atom. The largest absolute Gasteiger partial charge is 0.459 e. The minimum atomic E-state index is -1.89. The Labute approximate surface area is 311 Å². The molecule has 5 rings (SSSR count). The van der Waals surface area contributed by atoms with E-state index in [0.29, 0.717) is 12.2 Å². The Morgan fingerprint density at radius 1 is 0.527 bits per heavy atom. The SMILES string of the molecule is C=CC(=O)OC1CCN(c2c(F)c(F)c(C=CC(=O)c3c(F)c(F)c(N4CCC(OC(=O)C=C)CC4)c(F)c3N3CCN(C(=O)C=C)CC3)c(F)c2F)CC1. The van der Waals surface area contributed by atoms with Gasteiger partial charge in [-0.1, -0.05) is 19.7 Å². The maximum atomic E-state index is 16.6. The first-order chi connectivity index (χ1) is 26.2. The quantitative estimate of drug-likeness (QED) is 0.0924. The summed E-state index contributed by atoms with van der Waals surface area (Å²) in [6.45, 7) is 9.23. The molecule has 2 aromatic carbocycles. The fourth-order valence-corrected chi connectivity index (χ4v) is 6.84. The van der Waals surface area contributed by atoms with E-state index in [1.54, 1.807) is 0 Å². The third-order valence-corrected chi connectivity index (χ3v) is 9.69. The van der Waals surface area contributed by atoms with E-state index in [-0.39, 0.29) is 78.0 Å². The van der Waals surface area contributed by atoms with Gasteiger partial charge < -0.3 is 29.1 Å². The van der Waals surface area contributed by atoms with Crippen molar-refractivity contribution in [3.05, 3.63) is 95.9 Å². The highest BCUT2D eigenvalue weighted by Crippen LogP contribution is 2.40. The zero-order chi connectivity index (χ0) is 40.1. The van der Waals surface area contributed by atoms with Crippen molar-refractivity contribution >= 4 is 46.8 Å². The molecule has 3 aliphatic heterocycles. The number of halogens is 7. The summed E-state index contributed by atoms with van der Waals surface area (Å²) >= 11 is 0. The summed E-state index contributed by atoms with van der Waals surface area (Å²) in [6, 6.07) is 0. The van der Waals surface area contributed by atoms with Crippen LogP contribution in [-0.4, -0.2) is 93.1 Å². The maximum absolute atomic E-state index is 16.6. The first-order valence-electron chi connectivity index (χ1n) is 17.3. The minimum Gasteiger partial charge on any atom is -0.459 e. The molecule has 0 aliphatic carbocycles. The number of ketones is 1. The minimum absolute atomic E-state index is 0.0267. The van der Waals surface area contributed by atoms with Gasteiger partial charge in [-0.3, -0.25) is 9.59 Å². The normalized spacial score (nSPS) is 17.0. The molecular weight excluding hydrogens is 741 g/mol. The van der Waals surface area contributed by atoms with Gasteiger partial charge in [-0.15, -0.1) is 0 Å². The van der Waals surface area contributed by atoms with Crippen molar-refractivity contribution in [2.24, 2.45) is 0 Å². The van der Waals surface area contributed by atoms with E-state index in [1.165, 1.54) is 14.7 Å². The van der Waals surface area contributed by atoms with Crippen molar-refractivity contribution < 1.29 is 59.4 Å². The average molecular weight is 779 g/mol. The van der Waals surface area contributed by atoms with Crippen LogP contribution in [0.4, 0.5) is 47.8 Å². The highest BCUT2D eigenvalue weighted by Gasteiger charge is 2.37. The second kappa shape index (κ2) is 17.2. The monoisotopic (exact) mass is 778 g/mol. The van der Waals surface area contributed by atoms with E-state index < -0.39 is 105 Å². The van der Waals surface area contributed by atoms with Crippen molar-refractivity contribution in [1.29, 1.82) is 0 Å². The van der Waals surface area contributed by atoms with Gasteiger partial charge in [0.2, 0.25) is 5.91 Å². The number of allylic oxidation sites excluding steroid dienone is 1. The highest BCUT2D eigenvalue weighted by atomic mass is 19.2. The number of nitrogens with zero attached hydrogens (tertiary/aromatic N) is 4. The summed E-state index contributed by atoms with van der Waals surface area (Å²) < 4.78 is 120. The Hall–Kier alpha value is -5.61. The summed E-state index contributed by atoms with van der Waals surface area (Å²) in [4.78, 5) is 53.7. The topological polar surface area (TPSA) is 99.7 Å². The molecule has 0 N–H and O–H groups in total. The predicted molar refractivity (Wildman–Crippen MR) is 188 cm³/mol. The molecule has 0 spiro atoms. The number of anilines is 3. The van der Waals surface area contributed by atoms with Crippen LogP contribution < -0.4 is 14.7 Å². The first-order valence-corrected chi connectivity index (χ1v) is 17.3. The van der Waals surface area contributed by atoms with Crippen molar-refractivity contribution in [1.82, 2.24) is 4.90 Å². The molecule has 0 aromatic heterocycles. The number of rotatable bonds is 11. The van der Waals surface area contributed by atoms with Crippen LogP contribution in [0.3, 0.4) is 0 Å². The number of piperidine rings is 2. The van der Waals surface area contributed by atoms with Crippen LogP contribution in [0.2, 0.25) is 0 Å². The van der Waals surface area contributed by atoms with Crippen LogP contribution in [0.5, 0.6) is 0 Å². The number of carbonyl (C=O) groups is 4. The van der Waals surface area contributed by atoms with Crippen molar-refractivity contribution in [2.45, 2.75) is 37.9 Å². The van der Waals surface area contributed by atoms with Crippen LogP contribution >= 0.6 is 0 Å². The lowest BCUT2D eigenvalue weighted by Crippen LogP contribution is -2.49. The lowest BCUT2D eigenvalue weighted by molar-refractivity contribution is -0.144. The van der Waals surface area contributed by atoms with Crippen molar-refractivity contribution in [3.8, 4) is 0 Å². The number of amides is 1. The van der Waals surface area contributed by atoms with Gasteiger partial charge in [-0.05, 0) is 18.2 Å². The Kier molecular flexibility index (Phi) is 12.7. The van der Waals surface area contributed by atoms with Crippen LogP contribution in [0.25, 0.3) is 6.08 Å². The molecule has 10 nitrogen and oxygen atoms in total. The third-order valence-electron chi connectivity index (χ3n) is 9.69. The highest BCUT2D eigenvalue weighted by molar-refractivity contribution is 6.11. The molecule has 0 radical (unpaired) electrons. The van der Waals surface area contributed by atoms with E-state index in [4.69, 9.17) is 9.47 Å². The second-order valence-corrected chi connectivity index (χ2v) is 12.9. The number of carbonyl (C=O) groups excluding carboxylic acids is 4. The molecule has 0 saturated carbocycles. The molecule has 1 amide bonds. The van der Waals surface area contributed by atoms with Gasteiger partial charge in [0.1, 0.15) is 23.6 Å². The molecular formula is C38H37F7N4O6. The molecule has 3 saturated heterocycles. The van der Waals surface area contributed by atoms with Gasteiger partial charge in [-0.25, -0.2) is 40.3 Å². The summed E-state index contributed by atoms with van der Waals surface area (Å²) in [5.41, 5.74) is -5.06. The molecule has 3 fully saturated rings. The first kappa shape index (κ1) is 40.6. The molecule has 294 valence electrons. The van der Waals surface area contributed by atoms with E-state index in [9.17, 15) is 19.2 Å². The smallest absolute Gasteiger partial charge is 0.330 e. The number of hydrogen-bond acceptors (Lipinski definition) is 9. The molecule has 0 unspecified atom stereocenters. The predicted octanol–water partition coefficient (Wildman–Crippen LogP) is 5.79. The van der Waals surface area contributed by atoms with Crippen LogP contribution in [0.1, 0.15) is 41.6 Å². The second-order valence-electron chi connectivity index (χ2n) is 12.9.